The first-order chi connectivity index (χ1) is 14.4. The molecule has 2 N–H and O–H groups in total. The summed E-state index contributed by atoms with van der Waals surface area (Å²) < 4.78 is 6.26. The molecule has 157 valence electrons. The lowest BCUT2D eigenvalue weighted by atomic mass is 9.45. The van der Waals surface area contributed by atoms with Crippen molar-refractivity contribution < 1.29 is 4.65 Å². The van der Waals surface area contributed by atoms with Crippen LogP contribution in [0.5, 0.6) is 0 Å². The van der Waals surface area contributed by atoms with Crippen molar-refractivity contribution in [2.24, 2.45) is 34.2 Å². The maximum Gasteiger partial charge on any atom is 0.333 e. The number of nitrogens with one attached hydrogen (secondary N) is 2. The van der Waals surface area contributed by atoms with Crippen LogP contribution in [0.2, 0.25) is 0 Å². The lowest BCUT2D eigenvalue weighted by molar-refractivity contribution is -0.0636. The van der Waals surface area contributed by atoms with Crippen LogP contribution in [0.4, 0.5) is 0 Å². The van der Waals surface area contributed by atoms with Gasteiger partial charge in [-0.25, -0.2) is 4.98 Å². The van der Waals surface area contributed by atoms with Crippen molar-refractivity contribution >= 4 is 29.7 Å². The van der Waals surface area contributed by atoms with E-state index in [2.05, 4.69) is 42.2 Å². The van der Waals surface area contributed by atoms with Crippen LogP contribution >= 0.6 is 0 Å². The van der Waals surface area contributed by atoms with E-state index in [0.717, 1.165) is 47.2 Å². The van der Waals surface area contributed by atoms with Crippen molar-refractivity contribution in [2.75, 3.05) is 6.54 Å². The smallest absolute Gasteiger partial charge is 0.333 e. The molecule has 4 aliphatic carbocycles. The van der Waals surface area contributed by atoms with Crippen LogP contribution in [-0.4, -0.2) is 35.3 Å². The zero-order valence-corrected chi connectivity index (χ0v) is 18.4. The molecule has 6 heteroatoms. The zero-order chi connectivity index (χ0) is 20.5. The van der Waals surface area contributed by atoms with E-state index in [1.165, 1.54) is 43.4 Å². The Balaban J connectivity index is 1.49. The highest BCUT2D eigenvalue weighted by Gasteiger charge is 2.55. The van der Waals surface area contributed by atoms with Crippen LogP contribution in [0, 0.1) is 29.1 Å². The molecular weight excluding hydrogens is 371 g/mol. The van der Waals surface area contributed by atoms with Gasteiger partial charge in [-0.1, -0.05) is 6.92 Å². The highest BCUT2D eigenvalue weighted by molar-refractivity contribution is 6.50. The minimum atomic E-state index is -0.235. The Morgan fingerprint density at radius 3 is 2.70 bits per heavy atom. The van der Waals surface area contributed by atoms with Gasteiger partial charge in [0.05, 0.1) is 5.71 Å². The van der Waals surface area contributed by atoms with E-state index in [4.69, 9.17) is 9.76 Å². The molecule has 0 saturated heterocycles. The van der Waals surface area contributed by atoms with Crippen LogP contribution in [0.3, 0.4) is 0 Å². The number of hydrogen-bond donors (Lipinski definition) is 2. The van der Waals surface area contributed by atoms with Gasteiger partial charge < -0.3 is 15.1 Å². The van der Waals surface area contributed by atoms with E-state index in [9.17, 15) is 0 Å². The lowest BCUT2D eigenvalue weighted by Crippen LogP contribution is -2.53. The summed E-state index contributed by atoms with van der Waals surface area (Å²) in [7, 11) is 1.94. The molecular formula is C24H32BN4O. The number of pyridine rings is 1. The third-order valence-corrected chi connectivity index (χ3v) is 8.31. The van der Waals surface area contributed by atoms with Crippen molar-refractivity contribution in [1.82, 2.24) is 15.4 Å². The van der Waals surface area contributed by atoms with Gasteiger partial charge in [-0.15, -0.1) is 0 Å². The molecule has 3 heterocycles. The first-order valence-corrected chi connectivity index (χ1v) is 11.7. The number of fused-ring (bicyclic) bond motifs is 3. The summed E-state index contributed by atoms with van der Waals surface area (Å²) >= 11 is 0. The third kappa shape index (κ3) is 3.02. The molecule has 4 bridgehead atoms. The monoisotopic (exact) mass is 403 g/mol. The van der Waals surface area contributed by atoms with Gasteiger partial charge in [0, 0.05) is 41.4 Å². The van der Waals surface area contributed by atoms with Gasteiger partial charge in [0.25, 0.3) is 0 Å². The number of aromatic amines is 1. The minimum absolute atomic E-state index is 0.235. The Kier molecular flexibility index (Phi) is 4.15. The number of hydrazone groups is 1. The highest BCUT2D eigenvalue weighted by atomic mass is 16.5. The number of hydrogen-bond acceptors (Lipinski definition) is 4. The Morgan fingerprint density at radius 2 is 1.93 bits per heavy atom. The Hall–Kier alpha value is -1.82. The summed E-state index contributed by atoms with van der Waals surface area (Å²) in [6, 6.07) is 2.15. The average Bonchev–Trinajstić information content (AvgIpc) is 3.15. The highest BCUT2D eigenvalue weighted by Crippen LogP contribution is 2.62. The molecule has 4 fully saturated rings. The molecule has 0 aromatic carbocycles. The SMILES string of the molecule is CC12CC3CC(C1)C(/C1=N/NCCC(C)(C)O[B]c4cnc5[nH]ccc5c41)C(C3)C2. The summed E-state index contributed by atoms with van der Waals surface area (Å²) in [6.45, 7) is 7.63. The second kappa shape index (κ2) is 6.59. The Bertz CT molecular complexity index is 996. The van der Waals surface area contributed by atoms with E-state index < -0.39 is 0 Å². The van der Waals surface area contributed by atoms with Crippen molar-refractivity contribution in [3.05, 3.63) is 24.0 Å². The van der Waals surface area contributed by atoms with Crippen LogP contribution in [0.15, 0.2) is 23.6 Å². The van der Waals surface area contributed by atoms with E-state index in [1.54, 1.807) is 0 Å². The summed E-state index contributed by atoms with van der Waals surface area (Å²) in [4.78, 5) is 7.97. The average molecular weight is 403 g/mol. The number of H-pyrrole nitrogens is 1. The molecule has 30 heavy (non-hydrogen) atoms. The number of rotatable bonds is 1. The Morgan fingerprint density at radius 1 is 1.13 bits per heavy atom. The summed E-state index contributed by atoms with van der Waals surface area (Å²) in [6.07, 6.45) is 11.8. The van der Waals surface area contributed by atoms with E-state index in [0.29, 0.717) is 11.3 Å². The molecule has 5 aliphatic rings. The van der Waals surface area contributed by atoms with Gasteiger partial charge in [0.15, 0.2) is 0 Å². The van der Waals surface area contributed by atoms with Crippen LogP contribution < -0.4 is 10.9 Å². The van der Waals surface area contributed by atoms with E-state index >= 15 is 0 Å². The van der Waals surface area contributed by atoms with E-state index in [1.807, 2.05) is 19.9 Å². The van der Waals surface area contributed by atoms with Crippen molar-refractivity contribution in [2.45, 2.75) is 64.9 Å². The fraction of sp³-hybridized carbons (Fsp3) is 0.667. The molecule has 2 aromatic rings. The second-order valence-electron chi connectivity index (χ2n) is 11.3. The van der Waals surface area contributed by atoms with Crippen LogP contribution in [0.1, 0.15) is 64.9 Å². The first kappa shape index (κ1) is 18.9. The summed E-state index contributed by atoms with van der Waals surface area (Å²) in [5, 5.41) is 6.30. The van der Waals surface area contributed by atoms with Gasteiger partial charge in [0.1, 0.15) is 5.65 Å². The van der Waals surface area contributed by atoms with Gasteiger partial charge in [-0.3, -0.25) is 0 Å². The van der Waals surface area contributed by atoms with Crippen molar-refractivity contribution in [3.63, 3.8) is 0 Å². The summed E-state index contributed by atoms with van der Waals surface area (Å²) in [5.41, 5.74) is 8.21. The van der Waals surface area contributed by atoms with Crippen molar-refractivity contribution in [1.29, 1.82) is 0 Å². The molecule has 1 radical (unpaired) electrons. The molecule has 0 spiro atoms. The molecule has 0 amide bonds. The second-order valence-corrected chi connectivity index (χ2v) is 11.3. The molecule has 2 unspecified atom stereocenters. The molecule has 7 rings (SSSR count). The number of nitrogens with zero attached hydrogens (tertiary/aromatic N) is 2. The molecule has 1 aliphatic heterocycles. The quantitative estimate of drug-likeness (QED) is 0.713. The van der Waals surface area contributed by atoms with E-state index in [-0.39, 0.29) is 5.60 Å². The third-order valence-electron chi connectivity index (χ3n) is 8.31. The van der Waals surface area contributed by atoms with Gasteiger partial charge in [-0.2, -0.15) is 5.10 Å². The molecule has 5 nitrogen and oxygen atoms in total. The molecule has 2 atom stereocenters. The van der Waals surface area contributed by atoms with Gasteiger partial charge in [-0.05, 0) is 87.1 Å². The van der Waals surface area contributed by atoms with Crippen LogP contribution in [0.25, 0.3) is 11.0 Å². The molecule has 2 aromatic heterocycles. The predicted molar refractivity (Wildman–Crippen MR) is 121 cm³/mol. The molecule has 4 saturated carbocycles. The number of aromatic nitrogens is 2. The zero-order valence-electron chi connectivity index (χ0n) is 18.4. The standard InChI is InChI=1S/C24H32BN4O/c1-23(2)5-7-28-29-21(19-15-8-14-9-16(19)12-24(3,10-14)11-15)20-17-4-6-26-22(17)27-13-18(20)25-30-23/h4,6,13-16,19,28H,5,7-12H2,1-3H3,(H,26,27)/b29-21-. The van der Waals surface area contributed by atoms with Gasteiger partial charge in [0.2, 0.25) is 0 Å². The predicted octanol–water partition coefficient (Wildman–Crippen LogP) is 3.76. The first-order valence-electron chi connectivity index (χ1n) is 11.7. The largest absolute Gasteiger partial charge is 0.429 e. The summed E-state index contributed by atoms with van der Waals surface area (Å²) in [5.74, 6) is 2.95. The normalized spacial score (nSPS) is 39.0. The maximum atomic E-state index is 6.26. The van der Waals surface area contributed by atoms with Crippen molar-refractivity contribution in [3.8, 4) is 0 Å². The lowest BCUT2D eigenvalue weighted by Gasteiger charge is -2.59. The Labute approximate surface area is 179 Å². The maximum absolute atomic E-state index is 6.26. The minimum Gasteiger partial charge on any atom is -0.429 e. The fourth-order valence-electron chi connectivity index (χ4n) is 7.35. The van der Waals surface area contributed by atoms with Crippen LogP contribution in [-0.2, 0) is 4.65 Å². The topological polar surface area (TPSA) is 62.3 Å². The fourth-order valence-corrected chi connectivity index (χ4v) is 7.35. The van der Waals surface area contributed by atoms with Gasteiger partial charge >= 0.3 is 7.48 Å².